The maximum atomic E-state index is 14.6. The minimum Gasteiger partial charge on any atom is -0.507 e. The van der Waals surface area contributed by atoms with Crippen molar-refractivity contribution in [2.75, 3.05) is 13.7 Å². The zero-order chi connectivity index (χ0) is 28.6. The molecule has 1 saturated carbocycles. The van der Waals surface area contributed by atoms with Crippen molar-refractivity contribution in [3.8, 4) is 17.4 Å². The van der Waals surface area contributed by atoms with Crippen molar-refractivity contribution in [2.24, 2.45) is 11.8 Å². The largest absolute Gasteiger partial charge is 0.507 e. The van der Waals surface area contributed by atoms with Gasteiger partial charge in [0.25, 0.3) is 5.95 Å². The highest BCUT2D eigenvalue weighted by molar-refractivity contribution is 6.10. The van der Waals surface area contributed by atoms with Crippen LogP contribution in [0.25, 0.3) is 10.8 Å². The molecule has 7 rings (SSSR count). The topological polar surface area (TPSA) is 170 Å². The summed E-state index contributed by atoms with van der Waals surface area (Å²) in [4.78, 5) is 53.1. The summed E-state index contributed by atoms with van der Waals surface area (Å²) in [7, 11) is 1.40. The lowest BCUT2D eigenvalue weighted by Gasteiger charge is -2.48. The Balaban J connectivity index is 1.71. The molecule has 0 radical (unpaired) electrons. The lowest BCUT2D eigenvalue weighted by atomic mass is 9.60. The maximum absolute atomic E-state index is 14.6. The van der Waals surface area contributed by atoms with Gasteiger partial charge in [0.15, 0.2) is 5.78 Å². The second-order valence-corrected chi connectivity index (χ2v) is 11.1. The standard InChI is InChI=1S/C29H24O11/c1-9-5-14(32)19-21-16(9)23(33)22-24(39-11(3)30)28(21,8-38-26(19)35)15-7-12-17-18(27(36)40-25(12)34)13(31)6-10(2)20(17)29(15,22)37-4/h5-6,15,22,24,31-32,34H,7-8H2,1-4H3/t15-,22+,24-,28?,29-/m1/s1. The lowest BCUT2D eigenvalue weighted by Crippen LogP contribution is -2.56. The molecule has 3 N–H and O–H groups in total. The molecule has 1 fully saturated rings. The van der Waals surface area contributed by atoms with Crippen LogP contribution in [0.5, 0.6) is 17.4 Å². The number of carbonyl (C=O) groups excluding carboxylic acids is 3. The predicted octanol–water partition coefficient (Wildman–Crippen LogP) is 2.41. The Bertz CT molecular complexity index is 1820. The van der Waals surface area contributed by atoms with Gasteiger partial charge in [-0.3, -0.25) is 9.59 Å². The van der Waals surface area contributed by atoms with Crippen LogP contribution in [0.1, 0.15) is 55.5 Å². The van der Waals surface area contributed by atoms with Gasteiger partial charge in [-0.2, -0.15) is 0 Å². The molecule has 3 aromatic rings. The SMILES string of the molecule is CO[C@@]12c3c(C)cc(O)c4c(=O)oc(O)c(c34)C[C@@H]1C13COC(=O)c4c(O)cc(C)c(c41)C(=O)[C@H]2[C@H]3OC(C)=O. The average Bonchev–Trinajstić information content (AvgIpc) is 3.04. The van der Waals surface area contributed by atoms with Gasteiger partial charge in [-0.1, -0.05) is 0 Å². The molecule has 2 bridgehead atoms. The highest BCUT2D eigenvalue weighted by Crippen LogP contribution is 2.70. The van der Waals surface area contributed by atoms with E-state index >= 15 is 0 Å². The van der Waals surface area contributed by atoms with Crippen LogP contribution in [0.4, 0.5) is 0 Å². The zero-order valence-electron chi connectivity index (χ0n) is 21.9. The Hall–Kier alpha value is -4.38. The van der Waals surface area contributed by atoms with E-state index in [-0.39, 0.29) is 57.6 Å². The number of hydrogen-bond acceptors (Lipinski definition) is 11. The first-order valence-electron chi connectivity index (χ1n) is 12.7. The molecular weight excluding hydrogens is 524 g/mol. The van der Waals surface area contributed by atoms with E-state index in [2.05, 4.69) is 0 Å². The fourth-order valence-corrected chi connectivity index (χ4v) is 8.32. The van der Waals surface area contributed by atoms with Crippen LogP contribution < -0.4 is 5.63 Å². The number of rotatable bonds is 2. The molecule has 11 nitrogen and oxygen atoms in total. The highest BCUT2D eigenvalue weighted by Gasteiger charge is 2.78. The third-order valence-electron chi connectivity index (χ3n) is 9.44. The Morgan fingerprint density at radius 1 is 1.00 bits per heavy atom. The van der Waals surface area contributed by atoms with E-state index in [9.17, 15) is 34.5 Å². The molecule has 4 aliphatic rings. The number of phenolic OH excluding ortho intramolecular Hbond substituents is 2. The number of hydrogen-bond donors (Lipinski definition) is 3. The van der Waals surface area contributed by atoms with E-state index in [1.54, 1.807) is 13.8 Å². The van der Waals surface area contributed by atoms with Crippen LogP contribution in [0.2, 0.25) is 0 Å². The summed E-state index contributed by atoms with van der Waals surface area (Å²) >= 11 is 0. The number of benzene rings is 2. The first kappa shape index (κ1) is 24.6. The molecule has 40 heavy (non-hydrogen) atoms. The summed E-state index contributed by atoms with van der Waals surface area (Å²) in [5.41, 5.74) is -2.28. The first-order chi connectivity index (χ1) is 18.9. The number of cyclic esters (lactones) is 1. The van der Waals surface area contributed by atoms with Crippen molar-refractivity contribution in [1.29, 1.82) is 0 Å². The molecule has 5 atom stereocenters. The third-order valence-corrected chi connectivity index (χ3v) is 9.44. The fourth-order valence-electron chi connectivity index (χ4n) is 8.32. The highest BCUT2D eigenvalue weighted by atomic mass is 16.6. The van der Waals surface area contributed by atoms with E-state index in [1.165, 1.54) is 26.2 Å². The smallest absolute Gasteiger partial charge is 0.350 e. The number of aryl methyl sites for hydroxylation is 2. The van der Waals surface area contributed by atoms with Gasteiger partial charge in [0, 0.05) is 36.5 Å². The number of phenols is 2. The van der Waals surface area contributed by atoms with Gasteiger partial charge in [0.05, 0.1) is 11.3 Å². The Labute approximate surface area is 225 Å². The van der Waals surface area contributed by atoms with Crippen molar-refractivity contribution in [3.05, 3.63) is 61.5 Å². The second-order valence-electron chi connectivity index (χ2n) is 11.1. The number of ether oxygens (including phenoxy) is 3. The summed E-state index contributed by atoms with van der Waals surface area (Å²) in [5.74, 6) is -5.37. The van der Waals surface area contributed by atoms with Crippen LogP contribution in [-0.4, -0.2) is 52.9 Å². The van der Waals surface area contributed by atoms with Crippen LogP contribution >= 0.6 is 0 Å². The average molecular weight is 549 g/mol. The monoisotopic (exact) mass is 548 g/mol. The number of ketones is 1. The number of aromatic hydroxyl groups is 3. The van der Waals surface area contributed by atoms with Crippen LogP contribution in [-0.2, 0) is 36.4 Å². The normalized spacial score (nSPS) is 29.1. The molecule has 2 heterocycles. The van der Waals surface area contributed by atoms with E-state index in [4.69, 9.17) is 18.6 Å². The number of methoxy groups -OCH3 is 1. The Kier molecular flexibility index (Phi) is 4.57. The van der Waals surface area contributed by atoms with Crippen LogP contribution in [0, 0.1) is 25.7 Å². The number of carbonyl (C=O) groups is 3. The minimum absolute atomic E-state index is 0.0669. The van der Waals surface area contributed by atoms with Gasteiger partial charge in [-0.05, 0) is 54.7 Å². The first-order valence-corrected chi connectivity index (χ1v) is 12.7. The van der Waals surface area contributed by atoms with Crippen molar-refractivity contribution in [3.63, 3.8) is 0 Å². The Morgan fingerprint density at radius 2 is 1.70 bits per heavy atom. The molecule has 0 amide bonds. The molecule has 3 aliphatic carbocycles. The van der Waals surface area contributed by atoms with Crippen molar-refractivity contribution >= 4 is 28.5 Å². The summed E-state index contributed by atoms with van der Waals surface area (Å²) in [6.07, 6.45) is -1.27. The molecule has 1 aliphatic heterocycles. The summed E-state index contributed by atoms with van der Waals surface area (Å²) in [5, 5.41) is 32.6. The van der Waals surface area contributed by atoms with E-state index < -0.39 is 58.2 Å². The van der Waals surface area contributed by atoms with Crippen LogP contribution in [0.15, 0.2) is 21.3 Å². The number of esters is 2. The van der Waals surface area contributed by atoms with Crippen molar-refractivity contribution < 1.29 is 48.3 Å². The maximum Gasteiger partial charge on any atom is 0.350 e. The zero-order valence-corrected chi connectivity index (χ0v) is 21.9. The minimum atomic E-state index is -1.57. The molecule has 1 unspecified atom stereocenters. The van der Waals surface area contributed by atoms with Crippen molar-refractivity contribution in [2.45, 2.75) is 44.3 Å². The van der Waals surface area contributed by atoms with E-state index in [0.29, 0.717) is 16.7 Å². The summed E-state index contributed by atoms with van der Waals surface area (Å²) in [6, 6.07) is 2.69. The third kappa shape index (κ3) is 2.46. The second kappa shape index (κ2) is 7.42. The van der Waals surface area contributed by atoms with Crippen molar-refractivity contribution in [1.82, 2.24) is 0 Å². The molecule has 11 heteroatoms. The summed E-state index contributed by atoms with van der Waals surface area (Å²) < 4.78 is 23.0. The fraction of sp³-hybridized carbons (Fsp3) is 0.379. The van der Waals surface area contributed by atoms with E-state index in [0.717, 1.165) is 0 Å². The quantitative estimate of drug-likeness (QED) is 0.402. The molecular formula is C29H24O11. The molecule has 2 aromatic carbocycles. The van der Waals surface area contributed by atoms with Crippen LogP contribution in [0.3, 0.4) is 0 Å². The molecule has 1 spiro atoms. The lowest BCUT2D eigenvalue weighted by molar-refractivity contribution is -0.154. The van der Waals surface area contributed by atoms with Gasteiger partial charge in [0.1, 0.15) is 40.8 Å². The number of fused-ring (bicyclic) bond motifs is 4. The van der Waals surface area contributed by atoms with Gasteiger partial charge in [-0.15, -0.1) is 0 Å². The Morgan fingerprint density at radius 3 is 2.38 bits per heavy atom. The van der Waals surface area contributed by atoms with Gasteiger partial charge >= 0.3 is 17.6 Å². The number of Topliss-reactive ketones (excluding diaryl/α,β-unsaturated/α-hetero) is 1. The predicted molar refractivity (Wildman–Crippen MR) is 135 cm³/mol. The molecule has 1 aromatic heterocycles. The molecule has 206 valence electrons. The van der Waals surface area contributed by atoms with Gasteiger partial charge in [0.2, 0.25) is 0 Å². The van der Waals surface area contributed by atoms with Gasteiger partial charge < -0.3 is 33.9 Å². The van der Waals surface area contributed by atoms with E-state index in [1.807, 2.05) is 0 Å². The van der Waals surface area contributed by atoms with Gasteiger partial charge in [-0.25, -0.2) is 9.59 Å². The summed E-state index contributed by atoms with van der Waals surface area (Å²) in [6.45, 7) is 4.22. The molecule has 0 saturated heterocycles.